The van der Waals surface area contributed by atoms with Crippen molar-refractivity contribution in [2.45, 2.75) is 25.4 Å². The molecule has 0 aliphatic carbocycles. The van der Waals surface area contributed by atoms with Crippen LogP contribution in [-0.4, -0.2) is 29.1 Å². The van der Waals surface area contributed by atoms with E-state index in [4.69, 9.17) is 11.6 Å². The molecule has 0 spiro atoms. The molecule has 0 bridgehead atoms. The second-order valence-electron chi connectivity index (χ2n) is 6.13. The number of hydrogen-bond donors (Lipinski definition) is 3. The molecule has 0 heterocycles. The Kier molecular flexibility index (Phi) is 6.56. The molecule has 0 aliphatic rings. The van der Waals surface area contributed by atoms with E-state index < -0.39 is 17.4 Å². The molecule has 1 atom stereocenters. The minimum atomic E-state index is -1.11. The molecule has 2 aromatic carbocycles. The standard InChI is InChI=1S/C19H21ClN2O3/c1-19(25,11-10-14-6-3-2-4-7-14)13-21-17(23)18(24)22-16-9-5-8-15(20)12-16/h2-9,12,25H,10-11,13H2,1H3,(H,21,23)(H,22,24). The number of carbonyl (C=O) groups is 2. The van der Waals surface area contributed by atoms with Crippen LogP contribution in [-0.2, 0) is 16.0 Å². The van der Waals surface area contributed by atoms with Gasteiger partial charge in [-0.05, 0) is 43.5 Å². The third-order valence-corrected chi connectivity index (χ3v) is 3.95. The van der Waals surface area contributed by atoms with Crippen molar-refractivity contribution in [2.24, 2.45) is 0 Å². The molecule has 2 rings (SSSR count). The van der Waals surface area contributed by atoms with Crippen LogP contribution >= 0.6 is 11.6 Å². The fourth-order valence-corrected chi connectivity index (χ4v) is 2.44. The molecule has 6 heteroatoms. The monoisotopic (exact) mass is 360 g/mol. The van der Waals surface area contributed by atoms with E-state index in [2.05, 4.69) is 10.6 Å². The lowest BCUT2D eigenvalue weighted by molar-refractivity contribution is -0.136. The van der Waals surface area contributed by atoms with Crippen molar-refractivity contribution >= 4 is 29.1 Å². The number of aliphatic hydroxyl groups is 1. The van der Waals surface area contributed by atoms with Gasteiger partial charge < -0.3 is 15.7 Å². The molecule has 0 saturated heterocycles. The van der Waals surface area contributed by atoms with Gasteiger partial charge in [-0.25, -0.2) is 0 Å². The van der Waals surface area contributed by atoms with E-state index in [9.17, 15) is 14.7 Å². The molecular weight excluding hydrogens is 340 g/mol. The summed E-state index contributed by atoms with van der Waals surface area (Å²) < 4.78 is 0. The maximum atomic E-state index is 11.9. The van der Waals surface area contributed by atoms with Gasteiger partial charge in [0.2, 0.25) is 0 Å². The van der Waals surface area contributed by atoms with Crippen LogP contribution in [0.4, 0.5) is 5.69 Å². The van der Waals surface area contributed by atoms with Gasteiger partial charge in [0.1, 0.15) is 0 Å². The number of nitrogens with one attached hydrogen (secondary N) is 2. The van der Waals surface area contributed by atoms with Crippen LogP contribution in [0.1, 0.15) is 18.9 Å². The van der Waals surface area contributed by atoms with Gasteiger partial charge in [-0.1, -0.05) is 48.0 Å². The summed E-state index contributed by atoms with van der Waals surface area (Å²) in [6.07, 6.45) is 1.14. The first-order valence-electron chi connectivity index (χ1n) is 7.97. The van der Waals surface area contributed by atoms with Crippen LogP contribution in [0.5, 0.6) is 0 Å². The van der Waals surface area contributed by atoms with Crippen molar-refractivity contribution < 1.29 is 14.7 Å². The first-order chi connectivity index (χ1) is 11.9. The Bertz CT molecular complexity index is 732. The van der Waals surface area contributed by atoms with E-state index in [0.29, 0.717) is 23.6 Å². The first-order valence-corrected chi connectivity index (χ1v) is 8.35. The summed E-state index contributed by atoms with van der Waals surface area (Å²) >= 11 is 5.83. The summed E-state index contributed by atoms with van der Waals surface area (Å²) in [6.45, 7) is 1.62. The largest absolute Gasteiger partial charge is 0.388 e. The predicted octanol–water partition coefficient (Wildman–Crippen LogP) is 2.78. The van der Waals surface area contributed by atoms with E-state index in [1.54, 1.807) is 31.2 Å². The summed E-state index contributed by atoms with van der Waals surface area (Å²) in [5.41, 5.74) is 0.429. The summed E-state index contributed by atoms with van der Waals surface area (Å²) in [6, 6.07) is 16.3. The number of amides is 2. The number of halogens is 1. The molecular formula is C19H21ClN2O3. The highest BCUT2D eigenvalue weighted by Gasteiger charge is 2.23. The average molecular weight is 361 g/mol. The molecule has 0 aliphatic heterocycles. The molecule has 5 nitrogen and oxygen atoms in total. The van der Waals surface area contributed by atoms with Gasteiger partial charge in [-0.15, -0.1) is 0 Å². The Morgan fingerprint density at radius 2 is 1.80 bits per heavy atom. The summed E-state index contributed by atoms with van der Waals surface area (Å²) in [4.78, 5) is 23.8. The molecule has 132 valence electrons. The Hall–Kier alpha value is -2.37. The molecule has 0 aromatic heterocycles. The van der Waals surface area contributed by atoms with Crippen molar-refractivity contribution in [2.75, 3.05) is 11.9 Å². The number of hydrogen-bond acceptors (Lipinski definition) is 3. The fourth-order valence-electron chi connectivity index (χ4n) is 2.25. The molecule has 25 heavy (non-hydrogen) atoms. The Morgan fingerprint density at radius 1 is 1.08 bits per heavy atom. The lowest BCUT2D eigenvalue weighted by Gasteiger charge is -2.23. The van der Waals surface area contributed by atoms with Crippen LogP contribution in [0.25, 0.3) is 0 Å². The van der Waals surface area contributed by atoms with Crippen molar-refractivity contribution in [3.05, 3.63) is 65.2 Å². The minimum absolute atomic E-state index is 0.0123. The van der Waals surface area contributed by atoms with Gasteiger partial charge in [0.15, 0.2) is 0 Å². The van der Waals surface area contributed by atoms with E-state index in [1.165, 1.54) is 0 Å². The molecule has 3 N–H and O–H groups in total. The number of anilines is 1. The maximum Gasteiger partial charge on any atom is 0.313 e. The van der Waals surface area contributed by atoms with Crippen LogP contribution < -0.4 is 10.6 Å². The highest BCUT2D eigenvalue weighted by Crippen LogP contribution is 2.15. The topological polar surface area (TPSA) is 78.4 Å². The van der Waals surface area contributed by atoms with E-state index in [1.807, 2.05) is 30.3 Å². The molecule has 0 saturated carbocycles. The lowest BCUT2D eigenvalue weighted by atomic mass is 9.97. The highest BCUT2D eigenvalue weighted by molar-refractivity contribution is 6.39. The van der Waals surface area contributed by atoms with E-state index >= 15 is 0 Å². The molecule has 2 aromatic rings. The predicted molar refractivity (Wildman–Crippen MR) is 98.5 cm³/mol. The van der Waals surface area contributed by atoms with Crippen LogP contribution in [0.2, 0.25) is 5.02 Å². The molecule has 2 amide bonds. The fraction of sp³-hybridized carbons (Fsp3) is 0.263. The smallest absolute Gasteiger partial charge is 0.313 e. The second kappa shape index (κ2) is 8.65. The van der Waals surface area contributed by atoms with E-state index in [-0.39, 0.29) is 6.54 Å². The SMILES string of the molecule is CC(O)(CCc1ccccc1)CNC(=O)C(=O)Nc1cccc(Cl)c1. The first kappa shape index (κ1) is 19.0. The van der Waals surface area contributed by atoms with Gasteiger partial charge in [-0.2, -0.15) is 0 Å². The van der Waals surface area contributed by atoms with Gasteiger partial charge in [-0.3, -0.25) is 9.59 Å². The van der Waals surface area contributed by atoms with Crippen molar-refractivity contribution in [3.8, 4) is 0 Å². The number of benzene rings is 2. The number of aryl methyl sites for hydroxylation is 1. The highest BCUT2D eigenvalue weighted by atomic mass is 35.5. The third-order valence-electron chi connectivity index (χ3n) is 3.71. The number of rotatable bonds is 6. The summed E-state index contributed by atoms with van der Waals surface area (Å²) in [7, 11) is 0. The Morgan fingerprint density at radius 3 is 2.48 bits per heavy atom. The zero-order valence-corrected chi connectivity index (χ0v) is 14.7. The third kappa shape index (κ3) is 6.57. The molecule has 1 unspecified atom stereocenters. The van der Waals surface area contributed by atoms with Crippen molar-refractivity contribution in [3.63, 3.8) is 0 Å². The Balaban J connectivity index is 1.80. The zero-order chi connectivity index (χ0) is 18.3. The number of carbonyl (C=O) groups excluding carboxylic acids is 2. The minimum Gasteiger partial charge on any atom is -0.388 e. The quantitative estimate of drug-likeness (QED) is 0.693. The lowest BCUT2D eigenvalue weighted by Crippen LogP contribution is -2.44. The van der Waals surface area contributed by atoms with Gasteiger partial charge >= 0.3 is 11.8 Å². The van der Waals surface area contributed by atoms with Gasteiger partial charge in [0, 0.05) is 17.3 Å². The van der Waals surface area contributed by atoms with Gasteiger partial charge in [0.25, 0.3) is 0 Å². The normalized spacial score (nSPS) is 12.9. The Labute approximate surface area is 152 Å². The van der Waals surface area contributed by atoms with Crippen LogP contribution in [0.3, 0.4) is 0 Å². The summed E-state index contributed by atoms with van der Waals surface area (Å²) in [5, 5.41) is 15.7. The molecule has 0 radical (unpaired) electrons. The van der Waals surface area contributed by atoms with Crippen LogP contribution in [0, 0.1) is 0 Å². The van der Waals surface area contributed by atoms with Crippen molar-refractivity contribution in [1.29, 1.82) is 0 Å². The zero-order valence-electron chi connectivity index (χ0n) is 14.0. The van der Waals surface area contributed by atoms with Crippen LogP contribution in [0.15, 0.2) is 54.6 Å². The summed E-state index contributed by atoms with van der Waals surface area (Å²) in [5.74, 6) is -1.61. The van der Waals surface area contributed by atoms with Gasteiger partial charge in [0.05, 0.1) is 5.60 Å². The average Bonchev–Trinajstić information content (AvgIpc) is 2.59. The maximum absolute atomic E-state index is 11.9. The second-order valence-corrected chi connectivity index (χ2v) is 6.57. The van der Waals surface area contributed by atoms with Crippen molar-refractivity contribution in [1.82, 2.24) is 5.32 Å². The van der Waals surface area contributed by atoms with E-state index in [0.717, 1.165) is 5.56 Å². The molecule has 0 fully saturated rings.